The zero-order valence-electron chi connectivity index (χ0n) is 16.7. The molecule has 0 saturated carbocycles. The first-order chi connectivity index (χ1) is 14.7. The summed E-state index contributed by atoms with van der Waals surface area (Å²) in [6.07, 6.45) is 1.44. The average molecular weight is 439 g/mol. The van der Waals surface area contributed by atoms with Crippen LogP contribution in [0.3, 0.4) is 0 Å². The van der Waals surface area contributed by atoms with Crippen LogP contribution in [0, 0.1) is 0 Å². The van der Waals surface area contributed by atoms with Gasteiger partial charge in [-0.15, -0.1) is 0 Å². The van der Waals surface area contributed by atoms with Gasteiger partial charge in [0.25, 0.3) is 0 Å². The van der Waals surface area contributed by atoms with Gasteiger partial charge in [-0.1, -0.05) is 89.9 Å². The molecule has 1 aliphatic rings. The van der Waals surface area contributed by atoms with Crippen molar-refractivity contribution in [3.63, 3.8) is 0 Å². The van der Waals surface area contributed by atoms with Crippen LogP contribution in [0.1, 0.15) is 17.5 Å². The van der Waals surface area contributed by atoms with Crippen molar-refractivity contribution in [3.8, 4) is 0 Å². The minimum atomic E-state index is -0.492. The zero-order valence-corrected chi connectivity index (χ0v) is 18.2. The number of benzene rings is 3. The first-order valence-electron chi connectivity index (χ1n) is 10.2. The molecule has 30 heavy (non-hydrogen) atoms. The smallest absolute Gasteiger partial charge is 0.122 e. The van der Waals surface area contributed by atoms with Gasteiger partial charge in [0.15, 0.2) is 0 Å². The SMILES string of the molecule is O=CCC(c1ccccc1)(c1ccccc1)N1CCN(c2cccc(Cl)c2Cl)CC1. The number of nitrogens with zero attached hydrogens (tertiary/aromatic N) is 2. The molecule has 1 aliphatic heterocycles. The van der Waals surface area contributed by atoms with E-state index in [9.17, 15) is 4.79 Å². The summed E-state index contributed by atoms with van der Waals surface area (Å²) in [4.78, 5) is 16.6. The Morgan fingerprint density at radius 1 is 0.767 bits per heavy atom. The lowest BCUT2D eigenvalue weighted by atomic mass is 9.78. The highest BCUT2D eigenvalue weighted by atomic mass is 35.5. The van der Waals surface area contributed by atoms with E-state index >= 15 is 0 Å². The standard InChI is InChI=1S/C25H24Cl2N2O/c26-22-12-7-13-23(24(22)27)28-15-17-29(18-16-28)25(14-19-30,20-8-3-1-4-9-20)21-10-5-2-6-11-21/h1-13,19H,14-18H2. The van der Waals surface area contributed by atoms with Gasteiger partial charge in [-0.2, -0.15) is 0 Å². The van der Waals surface area contributed by atoms with Crippen molar-refractivity contribution in [1.82, 2.24) is 4.90 Å². The fourth-order valence-electron chi connectivity index (χ4n) is 4.51. The minimum Gasteiger partial charge on any atom is -0.368 e. The molecule has 0 radical (unpaired) electrons. The molecule has 0 unspecified atom stereocenters. The molecule has 0 spiro atoms. The minimum absolute atomic E-state index is 0.402. The van der Waals surface area contributed by atoms with E-state index in [4.69, 9.17) is 23.2 Å². The Labute approximate surface area is 187 Å². The number of anilines is 1. The van der Waals surface area contributed by atoms with Gasteiger partial charge < -0.3 is 9.69 Å². The lowest BCUT2D eigenvalue weighted by Gasteiger charge is -2.48. The van der Waals surface area contributed by atoms with Crippen LogP contribution in [-0.2, 0) is 10.3 Å². The van der Waals surface area contributed by atoms with Crippen LogP contribution in [0.25, 0.3) is 0 Å². The Bertz CT molecular complexity index is 947. The molecule has 0 aromatic heterocycles. The number of carbonyl (C=O) groups is 1. The van der Waals surface area contributed by atoms with Gasteiger partial charge in [-0.05, 0) is 23.3 Å². The summed E-state index contributed by atoms with van der Waals surface area (Å²) >= 11 is 12.7. The van der Waals surface area contributed by atoms with Gasteiger partial charge in [-0.25, -0.2) is 0 Å². The molecular formula is C25H24Cl2N2O. The highest BCUT2D eigenvalue weighted by molar-refractivity contribution is 6.43. The van der Waals surface area contributed by atoms with Crippen molar-refractivity contribution in [2.24, 2.45) is 0 Å². The van der Waals surface area contributed by atoms with Crippen LogP contribution >= 0.6 is 23.2 Å². The number of carbonyl (C=O) groups excluding carboxylic acids is 1. The molecule has 0 N–H and O–H groups in total. The van der Waals surface area contributed by atoms with E-state index in [2.05, 4.69) is 34.1 Å². The fraction of sp³-hybridized carbons (Fsp3) is 0.240. The number of rotatable bonds is 6. The van der Waals surface area contributed by atoms with Crippen molar-refractivity contribution in [1.29, 1.82) is 0 Å². The maximum absolute atomic E-state index is 11.9. The molecule has 154 valence electrons. The molecular weight excluding hydrogens is 415 g/mol. The van der Waals surface area contributed by atoms with Crippen molar-refractivity contribution in [2.45, 2.75) is 12.0 Å². The van der Waals surface area contributed by atoms with E-state index in [-0.39, 0.29) is 0 Å². The third kappa shape index (κ3) is 3.85. The number of hydrogen-bond donors (Lipinski definition) is 0. The molecule has 5 heteroatoms. The Hall–Kier alpha value is -2.33. The summed E-state index contributed by atoms with van der Waals surface area (Å²) in [5, 5.41) is 1.17. The van der Waals surface area contributed by atoms with E-state index in [0.29, 0.717) is 16.5 Å². The molecule has 3 aromatic carbocycles. The Balaban J connectivity index is 1.69. The van der Waals surface area contributed by atoms with E-state index < -0.39 is 5.54 Å². The van der Waals surface area contributed by atoms with Crippen LogP contribution in [0.4, 0.5) is 5.69 Å². The largest absolute Gasteiger partial charge is 0.368 e. The molecule has 4 rings (SSSR count). The second kappa shape index (κ2) is 9.22. The van der Waals surface area contributed by atoms with Gasteiger partial charge in [0.2, 0.25) is 0 Å². The Kier molecular flexibility index (Phi) is 6.43. The third-order valence-corrected chi connectivity index (χ3v) is 6.78. The van der Waals surface area contributed by atoms with Crippen LogP contribution in [-0.4, -0.2) is 37.4 Å². The maximum Gasteiger partial charge on any atom is 0.122 e. The van der Waals surface area contributed by atoms with Crippen LogP contribution < -0.4 is 4.90 Å². The summed E-state index contributed by atoms with van der Waals surface area (Å²) in [6, 6.07) is 26.4. The highest BCUT2D eigenvalue weighted by Crippen LogP contribution is 2.40. The fourth-order valence-corrected chi connectivity index (χ4v) is 4.93. The predicted octanol–water partition coefficient (Wildman–Crippen LogP) is 5.65. The predicted molar refractivity (Wildman–Crippen MR) is 125 cm³/mol. The van der Waals surface area contributed by atoms with E-state index in [1.54, 1.807) is 0 Å². The molecule has 0 atom stereocenters. The van der Waals surface area contributed by atoms with E-state index in [0.717, 1.165) is 49.3 Å². The highest BCUT2D eigenvalue weighted by Gasteiger charge is 2.41. The van der Waals surface area contributed by atoms with Crippen molar-refractivity contribution in [2.75, 3.05) is 31.1 Å². The lowest BCUT2D eigenvalue weighted by molar-refractivity contribution is -0.110. The number of aldehydes is 1. The first kappa shape index (κ1) is 20.9. The van der Waals surface area contributed by atoms with Gasteiger partial charge in [0.05, 0.1) is 21.3 Å². The average Bonchev–Trinajstić information content (AvgIpc) is 2.81. The van der Waals surface area contributed by atoms with Crippen molar-refractivity contribution >= 4 is 35.2 Å². The Morgan fingerprint density at radius 2 is 1.33 bits per heavy atom. The molecule has 0 amide bonds. The molecule has 1 fully saturated rings. The molecule has 1 saturated heterocycles. The maximum atomic E-state index is 11.9. The molecule has 0 aliphatic carbocycles. The lowest BCUT2D eigenvalue weighted by Crippen LogP contribution is -2.56. The summed E-state index contributed by atoms with van der Waals surface area (Å²) in [5.41, 5.74) is 2.74. The van der Waals surface area contributed by atoms with Crippen molar-refractivity contribution < 1.29 is 4.79 Å². The second-order valence-corrected chi connectivity index (χ2v) is 8.30. The van der Waals surface area contributed by atoms with Crippen molar-refractivity contribution in [3.05, 3.63) is 100 Å². The first-order valence-corrected chi connectivity index (χ1v) is 10.9. The topological polar surface area (TPSA) is 23.6 Å². The number of piperazine rings is 1. The summed E-state index contributed by atoms with van der Waals surface area (Å²) < 4.78 is 0. The zero-order chi connectivity index (χ0) is 21.0. The van der Waals surface area contributed by atoms with Gasteiger partial charge in [0.1, 0.15) is 6.29 Å². The van der Waals surface area contributed by atoms with Gasteiger partial charge in [-0.3, -0.25) is 4.90 Å². The molecule has 0 bridgehead atoms. The summed E-state index contributed by atoms with van der Waals surface area (Å²) in [7, 11) is 0. The van der Waals surface area contributed by atoms with Gasteiger partial charge in [0, 0.05) is 32.6 Å². The third-order valence-electron chi connectivity index (χ3n) is 5.97. The van der Waals surface area contributed by atoms with Crippen LogP contribution in [0.5, 0.6) is 0 Å². The molecule has 1 heterocycles. The molecule has 3 nitrogen and oxygen atoms in total. The second-order valence-electron chi connectivity index (χ2n) is 7.51. The van der Waals surface area contributed by atoms with E-state index in [1.165, 1.54) is 0 Å². The monoisotopic (exact) mass is 438 g/mol. The summed E-state index contributed by atoms with van der Waals surface area (Å²) in [6.45, 7) is 3.22. The normalized spacial score (nSPS) is 15.2. The Morgan fingerprint density at radius 3 is 1.87 bits per heavy atom. The quantitative estimate of drug-likeness (QED) is 0.464. The summed E-state index contributed by atoms with van der Waals surface area (Å²) in [5.74, 6) is 0. The van der Waals surface area contributed by atoms with Gasteiger partial charge >= 0.3 is 0 Å². The number of hydrogen-bond acceptors (Lipinski definition) is 3. The number of halogens is 2. The van der Waals surface area contributed by atoms with E-state index in [1.807, 2.05) is 54.6 Å². The molecule has 3 aromatic rings. The van der Waals surface area contributed by atoms with Crippen LogP contribution in [0.2, 0.25) is 10.0 Å². The van der Waals surface area contributed by atoms with Crippen LogP contribution in [0.15, 0.2) is 78.9 Å².